The van der Waals surface area contributed by atoms with Gasteiger partial charge in [-0.25, -0.2) is 9.97 Å². The van der Waals surface area contributed by atoms with Gasteiger partial charge >= 0.3 is 0 Å². The minimum atomic E-state index is -0.152. The maximum Gasteiger partial charge on any atom is 0.282 e. The average Bonchev–Trinajstić information content (AvgIpc) is 3.22. The first-order chi connectivity index (χ1) is 11.7. The molecule has 0 aliphatic heterocycles. The average molecular weight is 320 g/mol. The topological polar surface area (TPSA) is 61.4 Å². The molecule has 0 bridgehead atoms. The van der Waals surface area contributed by atoms with E-state index in [1.54, 1.807) is 22.4 Å². The summed E-state index contributed by atoms with van der Waals surface area (Å²) in [5.41, 5.74) is 3.49. The molecule has 6 heteroatoms. The quantitative estimate of drug-likeness (QED) is 0.582. The highest BCUT2D eigenvalue weighted by Gasteiger charge is 2.22. The van der Waals surface area contributed by atoms with Crippen LogP contribution in [0.1, 0.15) is 23.1 Å². The number of pyridine rings is 1. The number of fused-ring (bicyclic) bond motifs is 2. The van der Waals surface area contributed by atoms with Gasteiger partial charge in [-0.3, -0.25) is 13.8 Å². The lowest BCUT2D eigenvalue weighted by molar-refractivity contribution is 0.0957. The highest BCUT2D eigenvalue weighted by atomic mass is 16.5. The minimum Gasteiger partial charge on any atom is -0.493 e. The predicted molar refractivity (Wildman–Crippen MR) is 90.6 cm³/mol. The van der Waals surface area contributed by atoms with E-state index in [1.807, 2.05) is 49.5 Å². The number of carbonyl (C=O) groups excluding carboxylic acids is 1. The molecule has 0 aliphatic rings. The van der Waals surface area contributed by atoms with Gasteiger partial charge in [0.15, 0.2) is 11.4 Å². The third-order valence-electron chi connectivity index (χ3n) is 4.12. The second-order valence-corrected chi connectivity index (χ2v) is 5.44. The van der Waals surface area contributed by atoms with Gasteiger partial charge in [-0.1, -0.05) is 19.1 Å². The molecule has 3 aromatic heterocycles. The highest BCUT2D eigenvalue weighted by molar-refractivity contribution is 6.01. The Bertz CT molecular complexity index is 1060. The zero-order valence-electron chi connectivity index (χ0n) is 13.4. The normalized spacial score (nSPS) is 11.2. The molecule has 0 radical (unpaired) electrons. The van der Waals surface area contributed by atoms with Crippen LogP contribution >= 0.6 is 0 Å². The summed E-state index contributed by atoms with van der Waals surface area (Å²) in [6, 6.07) is 11.2. The van der Waals surface area contributed by atoms with Crippen LogP contribution in [0, 0.1) is 0 Å². The van der Waals surface area contributed by atoms with Gasteiger partial charge in [-0.05, 0) is 30.7 Å². The zero-order chi connectivity index (χ0) is 16.7. The summed E-state index contributed by atoms with van der Waals surface area (Å²) in [5, 5.41) is 0. The molecule has 3 heterocycles. The number of rotatable bonds is 3. The summed E-state index contributed by atoms with van der Waals surface area (Å²) in [6.45, 7) is 1.98. The van der Waals surface area contributed by atoms with Crippen LogP contribution < -0.4 is 4.74 Å². The first-order valence-corrected chi connectivity index (χ1v) is 7.75. The lowest BCUT2D eigenvalue weighted by Crippen LogP contribution is -2.15. The first-order valence-electron chi connectivity index (χ1n) is 7.75. The summed E-state index contributed by atoms with van der Waals surface area (Å²) in [7, 11) is 1.60. The number of hydrogen-bond donors (Lipinski definition) is 0. The number of nitrogens with zero attached hydrogens (tertiary/aromatic N) is 4. The Kier molecular flexibility index (Phi) is 3.30. The highest BCUT2D eigenvalue weighted by Crippen LogP contribution is 2.24. The van der Waals surface area contributed by atoms with Gasteiger partial charge in [0.1, 0.15) is 12.0 Å². The number of hydrogen-bond acceptors (Lipinski definition) is 4. The molecule has 0 N–H and O–H groups in total. The van der Waals surface area contributed by atoms with E-state index in [0.717, 1.165) is 16.7 Å². The molecule has 1 aromatic carbocycles. The number of aromatic nitrogens is 4. The molecule has 0 aliphatic carbocycles. The second kappa shape index (κ2) is 5.49. The minimum absolute atomic E-state index is 0.152. The summed E-state index contributed by atoms with van der Waals surface area (Å²) in [5.74, 6) is 0.489. The van der Waals surface area contributed by atoms with Gasteiger partial charge in [0, 0.05) is 6.20 Å². The molecule has 0 fully saturated rings. The second-order valence-electron chi connectivity index (χ2n) is 5.44. The number of carbonyl (C=O) groups is 1. The van der Waals surface area contributed by atoms with Crippen molar-refractivity contribution < 1.29 is 9.53 Å². The number of para-hydroxylation sites is 2. The molecule has 0 unspecified atom stereocenters. The van der Waals surface area contributed by atoms with Crippen molar-refractivity contribution in [3.8, 4) is 5.75 Å². The molecular formula is C18H16N4O2. The largest absolute Gasteiger partial charge is 0.493 e. The van der Waals surface area contributed by atoms with Crippen LogP contribution in [0.4, 0.5) is 0 Å². The molecule has 120 valence electrons. The van der Waals surface area contributed by atoms with Crippen LogP contribution in [-0.2, 0) is 6.42 Å². The van der Waals surface area contributed by atoms with Crippen molar-refractivity contribution in [2.45, 2.75) is 13.3 Å². The number of imidazole rings is 2. The number of methoxy groups -OCH3 is 1. The van der Waals surface area contributed by atoms with E-state index < -0.39 is 0 Å². The molecule has 4 rings (SSSR count). The number of aryl methyl sites for hydroxylation is 1. The van der Waals surface area contributed by atoms with Crippen molar-refractivity contribution in [1.29, 1.82) is 0 Å². The van der Waals surface area contributed by atoms with E-state index in [4.69, 9.17) is 4.74 Å². The monoisotopic (exact) mass is 320 g/mol. The van der Waals surface area contributed by atoms with Crippen LogP contribution in [0.5, 0.6) is 5.75 Å². The van der Waals surface area contributed by atoms with E-state index in [2.05, 4.69) is 9.97 Å². The van der Waals surface area contributed by atoms with Crippen LogP contribution in [0.15, 0.2) is 48.9 Å². The Hall–Kier alpha value is -3.15. The van der Waals surface area contributed by atoms with E-state index in [-0.39, 0.29) is 5.91 Å². The molecule has 0 atom stereocenters. The van der Waals surface area contributed by atoms with Gasteiger partial charge in [-0.15, -0.1) is 0 Å². The van der Waals surface area contributed by atoms with Gasteiger partial charge < -0.3 is 4.74 Å². The van der Waals surface area contributed by atoms with Gasteiger partial charge in [0.2, 0.25) is 0 Å². The Morgan fingerprint density at radius 1 is 1.21 bits per heavy atom. The molecule has 24 heavy (non-hydrogen) atoms. The predicted octanol–water partition coefficient (Wildman–Crippen LogP) is 2.94. The third-order valence-corrected chi connectivity index (χ3v) is 4.12. The fourth-order valence-corrected chi connectivity index (χ4v) is 2.96. The van der Waals surface area contributed by atoms with Crippen molar-refractivity contribution in [3.05, 3.63) is 60.3 Å². The molecular weight excluding hydrogens is 304 g/mol. The van der Waals surface area contributed by atoms with E-state index in [1.165, 1.54) is 0 Å². The summed E-state index contributed by atoms with van der Waals surface area (Å²) in [4.78, 5) is 22.1. The number of ether oxygens (including phenoxy) is 1. The number of benzene rings is 1. The summed E-state index contributed by atoms with van der Waals surface area (Å²) < 4.78 is 8.72. The van der Waals surface area contributed by atoms with E-state index >= 15 is 0 Å². The van der Waals surface area contributed by atoms with Crippen LogP contribution in [0.2, 0.25) is 0 Å². The smallest absolute Gasteiger partial charge is 0.282 e. The van der Waals surface area contributed by atoms with Crippen molar-refractivity contribution in [1.82, 2.24) is 18.9 Å². The summed E-state index contributed by atoms with van der Waals surface area (Å²) in [6.07, 6.45) is 4.04. The standard InChI is InChI=1S/C18H16N4O2/c1-3-12-16(21-10-6-9-15(24-2)17(21)20-12)18(23)22-11-19-13-7-4-5-8-14(13)22/h4-11H,3H2,1-2H3. The lowest BCUT2D eigenvalue weighted by atomic mass is 10.2. The molecule has 0 spiro atoms. The molecule has 6 nitrogen and oxygen atoms in total. The van der Waals surface area contributed by atoms with Gasteiger partial charge in [0.05, 0.1) is 23.8 Å². The zero-order valence-corrected chi connectivity index (χ0v) is 13.4. The maximum absolute atomic E-state index is 13.2. The van der Waals surface area contributed by atoms with Crippen molar-refractivity contribution >= 4 is 22.6 Å². The van der Waals surface area contributed by atoms with Crippen molar-refractivity contribution in [3.63, 3.8) is 0 Å². The molecule has 0 saturated heterocycles. The van der Waals surface area contributed by atoms with Gasteiger partial charge in [0.25, 0.3) is 5.91 Å². The Morgan fingerprint density at radius 3 is 2.83 bits per heavy atom. The fraction of sp³-hybridized carbons (Fsp3) is 0.167. The maximum atomic E-state index is 13.2. The fourth-order valence-electron chi connectivity index (χ4n) is 2.96. The summed E-state index contributed by atoms with van der Waals surface area (Å²) >= 11 is 0. The molecule has 0 amide bonds. The molecule has 4 aromatic rings. The lowest BCUT2D eigenvalue weighted by Gasteiger charge is -2.06. The Balaban J connectivity index is 1.97. The van der Waals surface area contributed by atoms with Crippen molar-refractivity contribution in [2.75, 3.05) is 7.11 Å². The van der Waals surface area contributed by atoms with Crippen LogP contribution in [-0.4, -0.2) is 32.0 Å². The first kappa shape index (κ1) is 14.4. The van der Waals surface area contributed by atoms with Gasteiger partial charge in [-0.2, -0.15) is 0 Å². The van der Waals surface area contributed by atoms with Crippen LogP contribution in [0.3, 0.4) is 0 Å². The van der Waals surface area contributed by atoms with Crippen molar-refractivity contribution in [2.24, 2.45) is 0 Å². The molecule has 0 saturated carbocycles. The van der Waals surface area contributed by atoms with E-state index in [9.17, 15) is 4.79 Å². The Labute approximate surface area is 138 Å². The third kappa shape index (κ3) is 2.00. The van der Waals surface area contributed by atoms with Crippen LogP contribution in [0.25, 0.3) is 16.7 Å². The SMILES string of the molecule is CCc1nc2c(OC)cccn2c1C(=O)n1cnc2ccccc21. The van der Waals surface area contributed by atoms with E-state index in [0.29, 0.717) is 23.5 Å². The Morgan fingerprint density at radius 2 is 2.04 bits per heavy atom.